The van der Waals surface area contributed by atoms with Gasteiger partial charge in [-0.05, 0) is 18.1 Å². The Morgan fingerprint density at radius 3 is 2.59 bits per heavy atom. The van der Waals surface area contributed by atoms with Crippen LogP contribution < -0.4 is 16.0 Å². The Kier molecular flexibility index (Phi) is 7.40. The van der Waals surface area contributed by atoms with E-state index in [1.807, 2.05) is 0 Å². The van der Waals surface area contributed by atoms with Crippen LogP contribution in [-0.2, 0) is 14.3 Å². The highest BCUT2D eigenvalue weighted by atomic mass is 19.4. The molecule has 0 aliphatic rings. The summed E-state index contributed by atoms with van der Waals surface area (Å²) in [5, 5.41) is 3.28. The van der Waals surface area contributed by atoms with Crippen LogP contribution in [-0.4, -0.2) is 59.2 Å². The summed E-state index contributed by atoms with van der Waals surface area (Å²) in [5.74, 6) is -1.70. The number of fused-ring (bicyclic) bond motifs is 1. The molecule has 0 aliphatic heterocycles. The number of carbonyl (C=O) groups excluding carboxylic acids is 2. The maximum Gasteiger partial charge on any atom is 0.405 e. The van der Waals surface area contributed by atoms with Gasteiger partial charge in [0.15, 0.2) is 0 Å². The molecule has 0 unspecified atom stereocenters. The van der Waals surface area contributed by atoms with Crippen molar-refractivity contribution in [2.45, 2.75) is 26.1 Å². The van der Waals surface area contributed by atoms with Crippen LogP contribution in [0.5, 0.6) is 0 Å². The average molecular weight is 478 g/mol. The van der Waals surface area contributed by atoms with E-state index in [4.69, 9.17) is 10.5 Å². The number of hydrogen-bond donors (Lipinski definition) is 3. The van der Waals surface area contributed by atoms with Gasteiger partial charge in [-0.1, -0.05) is 13.8 Å². The number of H-pyrrole nitrogens is 1. The van der Waals surface area contributed by atoms with Gasteiger partial charge in [0.05, 0.1) is 23.8 Å². The molecule has 2 amide bonds. The minimum atomic E-state index is -4.57. The Morgan fingerprint density at radius 1 is 1.24 bits per heavy atom. The molecule has 0 spiro atoms. The van der Waals surface area contributed by atoms with Crippen LogP contribution in [0, 0.1) is 5.92 Å². The van der Waals surface area contributed by atoms with Crippen molar-refractivity contribution in [2.24, 2.45) is 11.7 Å². The highest BCUT2D eigenvalue weighted by molar-refractivity contribution is 5.98. The van der Waals surface area contributed by atoms with Gasteiger partial charge in [-0.15, -0.1) is 0 Å². The minimum Gasteiger partial charge on any atom is -0.375 e. The molecule has 0 saturated carbocycles. The van der Waals surface area contributed by atoms with Gasteiger partial charge in [0.25, 0.3) is 0 Å². The van der Waals surface area contributed by atoms with Crippen molar-refractivity contribution < 1.29 is 27.5 Å². The zero-order chi connectivity index (χ0) is 25.0. The molecule has 1 atom stereocenters. The number of methoxy groups -OCH3 is 1. The topological polar surface area (TPSA) is 126 Å². The number of nitrogens with two attached hydrogens (primary N) is 1. The lowest BCUT2D eigenvalue weighted by molar-refractivity contribution is -0.126. The van der Waals surface area contributed by atoms with E-state index in [-0.39, 0.29) is 18.2 Å². The van der Waals surface area contributed by atoms with Crippen LogP contribution >= 0.6 is 0 Å². The van der Waals surface area contributed by atoms with Crippen molar-refractivity contribution >= 4 is 34.2 Å². The van der Waals surface area contributed by atoms with E-state index in [1.165, 1.54) is 31.8 Å². The van der Waals surface area contributed by atoms with Crippen molar-refractivity contribution in [2.75, 3.05) is 30.5 Å². The summed E-state index contributed by atoms with van der Waals surface area (Å²) in [5.41, 5.74) is 7.58. The second-order valence-electron chi connectivity index (χ2n) is 8.07. The van der Waals surface area contributed by atoms with Crippen molar-refractivity contribution in [1.29, 1.82) is 0 Å². The third-order valence-electron chi connectivity index (χ3n) is 5.07. The first-order chi connectivity index (χ1) is 16.0. The first-order valence-electron chi connectivity index (χ1n) is 10.3. The Balaban J connectivity index is 2.04. The summed E-state index contributed by atoms with van der Waals surface area (Å²) >= 11 is 0. The summed E-state index contributed by atoms with van der Waals surface area (Å²) in [7, 11) is 1.40. The quantitative estimate of drug-likeness (QED) is 0.434. The molecule has 3 aromatic heterocycles. The SMILES string of the molecule is COCC(=O)Nc1cnc2[nH]cc(-c3cncc(N(CC(F)(F)F)[C@H](C(N)=O)C(C)C)c3)c2c1. The van der Waals surface area contributed by atoms with E-state index >= 15 is 0 Å². The number of rotatable bonds is 9. The highest BCUT2D eigenvalue weighted by Gasteiger charge is 2.37. The summed E-state index contributed by atoms with van der Waals surface area (Å²) in [6.07, 6.45) is 1.29. The largest absolute Gasteiger partial charge is 0.405 e. The summed E-state index contributed by atoms with van der Waals surface area (Å²) in [6.45, 7) is 1.76. The number of nitrogens with zero attached hydrogens (tertiary/aromatic N) is 3. The predicted molar refractivity (Wildman–Crippen MR) is 121 cm³/mol. The van der Waals surface area contributed by atoms with E-state index < -0.39 is 30.6 Å². The second-order valence-corrected chi connectivity index (χ2v) is 8.07. The van der Waals surface area contributed by atoms with E-state index in [0.717, 1.165) is 4.90 Å². The van der Waals surface area contributed by atoms with Crippen LogP contribution in [0.25, 0.3) is 22.2 Å². The van der Waals surface area contributed by atoms with Crippen molar-refractivity contribution in [3.8, 4) is 11.1 Å². The zero-order valence-corrected chi connectivity index (χ0v) is 18.8. The van der Waals surface area contributed by atoms with Crippen LogP contribution in [0.1, 0.15) is 13.8 Å². The molecule has 3 heterocycles. The maximum absolute atomic E-state index is 13.4. The molecular weight excluding hydrogens is 453 g/mol. The monoisotopic (exact) mass is 478 g/mol. The molecule has 0 saturated heterocycles. The third kappa shape index (κ3) is 5.81. The first-order valence-corrected chi connectivity index (χ1v) is 10.3. The number of primary amides is 1. The molecule has 0 radical (unpaired) electrons. The van der Waals surface area contributed by atoms with E-state index in [2.05, 4.69) is 20.3 Å². The number of hydrogen-bond acceptors (Lipinski definition) is 6. The summed E-state index contributed by atoms with van der Waals surface area (Å²) in [4.78, 5) is 36.2. The highest BCUT2D eigenvalue weighted by Crippen LogP contribution is 2.33. The maximum atomic E-state index is 13.4. The smallest absolute Gasteiger partial charge is 0.375 e. The van der Waals surface area contributed by atoms with Gasteiger partial charge in [0.1, 0.15) is 24.8 Å². The number of anilines is 2. The van der Waals surface area contributed by atoms with Crippen LogP contribution in [0.2, 0.25) is 0 Å². The van der Waals surface area contributed by atoms with Gasteiger partial charge in [0.2, 0.25) is 11.8 Å². The fraction of sp³-hybridized carbons (Fsp3) is 0.364. The Morgan fingerprint density at radius 2 is 1.97 bits per heavy atom. The molecule has 182 valence electrons. The average Bonchev–Trinajstić information content (AvgIpc) is 3.15. The number of carbonyl (C=O) groups is 2. The number of amides is 2. The van der Waals surface area contributed by atoms with Gasteiger partial charge in [-0.3, -0.25) is 14.6 Å². The molecule has 9 nitrogen and oxygen atoms in total. The number of alkyl halides is 3. The zero-order valence-electron chi connectivity index (χ0n) is 18.8. The molecule has 3 aromatic rings. The molecule has 3 rings (SSSR count). The molecule has 0 aliphatic carbocycles. The van der Waals surface area contributed by atoms with Gasteiger partial charge in [0, 0.05) is 36.0 Å². The summed E-state index contributed by atoms with van der Waals surface area (Å²) in [6, 6.07) is 2.00. The van der Waals surface area contributed by atoms with E-state index in [0.29, 0.717) is 27.8 Å². The lowest BCUT2D eigenvalue weighted by Crippen LogP contribution is -2.51. The Bertz CT molecular complexity index is 1180. The van der Waals surface area contributed by atoms with E-state index in [9.17, 15) is 22.8 Å². The molecule has 12 heteroatoms. The van der Waals surface area contributed by atoms with Gasteiger partial charge < -0.3 is 25.7 Å². The minimum absolute atomic E-state index is 0.0965. The molecule has 0 aromatic carbocycles. The molecule has 0 bridgehead atoms. The molecule has 34 heavy (non-hydrogen) atoms. The third-order valence-corrected chi connectivity index (χ3v) is 5.07. The van der Waals surface area contributed by atoms with Crippen LogP contribution in [0.3, 0.4) is 0 Å². The molecule has 4 N–H and O–H groups in total. The molecular formula is C22H25F3N6O3. The normalized spacial score (nSPS) is 12.7. The van der Waals surface area contributed by atoms with Crippen molar-refractivity contribution in [3.05, 3.63) is 36.9 Å². The number of aromatic amines is 1. The summed E-state index contributed by atoms with van der Waals surface area (Å²) < 4.78 is 45.0. The van der Waals surface area contributed by atoms with Gasteiger partial charge >= 0.3 is 6.18 Å². The lowest BCUT2D eigenvalue weighted by atomic mass is 10.0. The van der Waals surface area contributed by atoms with Crippen LogP contribution in [0.4, 0.5) is 24.5 Å². The number of halogens is 3. The number of ether oxygens (including phenoxy) is 1. The predicted octanol–water partition coefficient (Wildman–Crippen LogP) is 3.09. The number of nitrogens with one attached hydrogen (secondary N) is 2. The van der Waals surface area contributed by atoms with Crippen molar-refractivity contribution in [3.63, 3.8) is 0 Å². The lowest BCUT2D eigenvalue weighted by Gasteiger charge is -2.34. The second kappa shape index (κ2) is 10.1. The Hall–Kier alpha value is -3.67. The first kappa shape index (κ1) is 25.0. The van der Waals surface area contributed by atoms with Crippen LogP contribution in [0.15, 0.2) is 36.9 Å². The van der Waals surface area contributed by atoms with Gasteiger partial charge in [-0.25, -0.2) is 4.98 Å². The fourth-order valence-corrected chi connectivity index (χ4v) is 3.76. The molecule has 0 fully saturated rings. The Labute approximate surface area is 193 Å². The number of pyridine rings is 2. The number of aromatic nitrogens is 3. The van der Waals surface area contributed by atoms with Crippen molar-refractivity contribution in [1.82, 2.24) is 15.0 Å². The fourth-order valence-electron chi connectivity index (χ4n) is 3.76. The van der Waals surface area contributed by atoms with E-state index in [1.54, 1.807) is 26.1 Å². The standard InChI is InChI=1S/C22H25F3N6O3/c1-12(2)19(20(26)33)31(11-22(23,24)25)15-4-13(6-27-8-15)17-9-29-21-16(17)5-14(7-28-21)30-18(32)10-34-3/h4-9,12,19H,10-11H2,1-3H3,(H2,26,33)(H,28,29)(H,30,32)/t19-/m0/s1. The van der Waals surface area contributed by atoms with Gasteiger partial charge in [-0.2, -0.15) is 13.2 Å².